The largest absolute Gasteiger partial charge is 0.457 e. The van der Waals surface area contributed by atoms with Gasteiger partial charge in [-0.05, 0) is 48.5 Å². The lowest BCUT2D eigenvalue weighted by atomic mass is 10.2. The lowest BCUT2D eigenvalue weighted by molar-refractivity contribution is -0.127. The van der Waals surface area contributed by atoms with E-state index in [4.69, 9.17) is 10.00 Å². The Bertz CT molecular complexity index is 777. The highest BCUT2D eigenvalue weighted by molar-refractivity contribution is 5.92. The summed E-state index contributed by atoms with van der Waals surface area (Å²) in [6, 6.07) is 15.1. The molecule has 0 aliphatic heterocycles. The monoisotopic (exact) mass is 338 g/mol. The fourth-order valence-electron chi connectivity index (χ4n) is 1.83. The molecule has 128 valence electrons. The van der Waals surface area contributed by atoms with E-state index in [0.717, 1.165) is 0 Å². The smallest absolute Gasteiger partial charge is 0.319 e. The molecule has 0 saturated carbocycles. The van der Waals surface area contributed by atoms with Crippen molar-refractivity contribution in [1.29, 1.82) is 5.26 Å². The van der Waals surface area contributed by atoms with Gasteiger partial charge in [0.2, 0.25) is 5.91 Å². The van der Waals surface area contributed by atoms with Gasteiger partial charge in [-0.1, -0.05) is 0 Å². The number of hydrogen-bond acceptors (Lipinski definition) is 4. The summed E-state index contributed by atoms with van der Waals surface area (Å²) < 4.78 is 5.66. The first-order valence-corrected chi connectivity index (χ1v) is 7.51. The van der Waals surface area contributed by atoms with Crippen molar-refractivity contribution >= 4 is 17.6 Å². The number of ether oxygens (including phenoxy) is 1. The van der Waals surface area contributed by atoms with E-state index < -0.39 is 6.03 Å². The Balaban J connectivity index is 1.87. The van der Waals surface area contributed by atoms with E-state index in [9.17, 15) is 9.59 Å². The van der Waals surface area contributed by atoms with Gasteiger partial charge in [0.1, 0.15) is 11.5 Å². The summed E-state index contributed by atoms with van der Waals surface area (Å²) in [5.41, 5.74) is 1.13. The molecule has 0 aliphatic carbocycles. The molecule has 0 saturated heterocycles. The van der Waals surface area contributed by atoms with Gasteiger partial charge < -0.3 is 20.3 Å². The van der Waals surface area contributed by atoms with Gasteiger partial charge in [-0.2, -0.15) is 5.26 Å². The third-order valence-electron chi connectivity index (χ3n) is 3.23. The zero-order valence-electron chi connectivity index (χ0n) is 13.9. The van der Waals surface area contributed by atoms with Crippen LogP contribution in [0.15, 0.2) is 48.5 Å². The highest BCUT2D eigenvalue weighted by atomic mass is 16.5. The molecular formula is C18H18N4O3. The minimum Gasteiger partial charge on any atom is -0.457 e. The predicted octanol–water partition coefficient (Wildman–Crippen LogP) is 2.56. The second-order valence-electron chi connectivity index (χ2n) is 5.36. The summed E-state index contributed by atoms with van der Waals surface area (Å²) in [5.74, 6) is 1.01. The lowest BCUT2D eigenvalue weighted by Gasteiger charge is -2.12. The molecule has 7 heteroatoms. The number of likely N-dealkylation sites (N-methyl/N-ethyl adjacent to an activating group) is 1. The summed E-state index contributed by atoms with van der Waals surface area (Å²) in [5, 5.41) is 13.9. The fourth-order valence-corrected chi connectivity index (χ4v) is 1.83. The van der Waals surface area contributed by atoms with Crippen molar-refractivity contribution in [1.82, 2.24) is 10.2 Å². The third-order valence-corrected chi connectivity index (χ3v) is 3.23. The van der Waals surface area contributed by atoms with Gasteiger partial charge in [0.05, 0.1) is 18.2 Å². The zero-order valence-corrected chi connectivity index (χ0v) is 13.9. The molecule has 7 nitrogen and oxygen atoms in total. The number of urea groups is 1. The van der Waals surface area contributed by atoms with Crippen molar-refractivity contribution in [3.63, 3.8) is 0 Å². The second kappa shape index (κ2) is 8.36. The van der Waals surface area contributed by atoms with E-state index in [2.05, 4.69) is 10.6 Å². The number of amides is 3. The van der Waals surface area contributed by atoms with Crippen LogP contribution in [0.1, 0.15) is 5.56 Å². The van der Waals surface area contributed by atoms with E-state index in [0.29, 0.717) is 22.7 Å². The molecular weight excluding hydrogens is 320 g/mol. The Morgan fingerprint density at radius 1 is 1.04 bits per heavy atom. The topological polar surface area (TPSA) is 94.5 Å². The Morgan fingerprint density at radius 2 is 1.60 bits per heavy atom. The minimum absolute atomic E-state index is 0.0707. The Morgan fingerprint density at radius 3 is 2.12 bits per heavy atom. The van der Waals surface area contributed by atoms with Crippen molar-refractivity contribution in [2.24, 2.45) is 0 Å². The van der Waals surface area contributed by atoms with Crippen LogP contribution in [0.2, 0.25) is 0 Å². The predicted molar refractivity (Wildman–Crippen MR) is 93.4 cm³/mol. The summed E-state index contributed by atoms with van der Waals surface area (Å²) in [6.45, 7) is -0.0707. The number of carbonyl (C=O) groups excluding carboxylic acids is 2. The van der Waals surface area contributed by atoms with Crippen LogP contribution in [0.5, 0.6) is 11.5 Å². The molecule has 0 aromatic heterocycles. The highest BCUT2D eigenvalue weighted by Crippen LogP contribution is 2.23. The van der Waals surface area contributed by atoms with Crippen LogP contribution < -0.4 is 15.4 Å². The number of carbonyl (C=O) groups is 2. The number of hydrogen-bond donors (Lipinski definition) is 2. The number of nitriles is 1. The highest BCUT2D eigenvalue weighted by Gasteiger charge is 2.07. The van der Waals surface area contributed by atoms with E-state index in [1.54, 1.807) is 62.6 Å². The molecule has 2 N–H and O–H groups in total. The molecule has 0 heterocycles. The van der Waals surface area contributed by atoms with Crippen LogP contribution in [0.25, 0.3) is 0 Å². The van der Waals surface area contributed by atoms with Crippen molar-refractivity contribution in [3.8, 4) is 17.6 Å². The second-order valence-corrected chi connectivity index (χ2v) is 5.36. The van der Waals surface area contributed by atoms with E-state index in [1.807, 2.05) is 6.07 Å². The fraction of sp³-hybridized carbons (Fsp3) is 0.167. The molecule has 2 aromatic rings. The first kappa shape index (κ1) is 17.8. The number of rotatable bonds is 5. The third kappa shape index (κ3) is 5.55. The van der Waals surface area contributed by atoms with Gasteiger partial charge in [-0.25, -0.2) is 4.79 Å². The quantitative estimate of drug-likeness (QED) is 0.876. The molecule has 0 bridgehead atoms. The summed E-state index contributed by atoms with van der Waals surface area (Å²) >= 11 is 0. The first-order valence-electron chi connectivity index (χ1n) is 7.51. The average molecular weight is 338 g/mol. The number of benzene rings is 2. The number of anilines is 1. The molecule has 3 amide bonds. The summed E-state index contributed by atoms with van der Waals surface area (Å²) in [6.07, 6.45) is 0. The van der Waals surface area contributed by atoms with Gasteiger partial charge >= 0.3 is 6.03 Å². The van der Waals surface area contributed by atoms with Crippen molar-refractivity contribution in [2.45, 2.75) is 0 Å². The maximum absolute atomic E-state index is 11.7. The Kier molecular flexibility index (Phi) is 5.96. The lowest BCUT2D eigenvalue weighted by Crippen LogP contribution is -2.38. The van der Waals surface area contributed by atoms with Gasteiger partial charge in [0.25, 0.3) is 0 Å². The van der Waals surface area contributed by atoms with Crippen LogP contribution >= 0.6 is 0 Å². The summed E-state index contributed by atoms with van der Waals surface area (Å²) in [4.78, 5) is 24.5. The molecule has 2 rings (SSSR count). The van der Waals surface area contributed by atoms with Gasteiger partial charge in [-0.3, -0.25) is 4.79 Å². The Hall–Kier alpha value is -3.53. The zero-order chi connectivity index (χ0) is 18.2. The SMILES string of the molecule is CN(C)C(=O)CNC(=O)Nc1ccc(Oc2ccc(C#N)cc2)cc1. The molecule has 0 unspecified atom stereocenters. The van der Waals surface area contributed by atoms with Crippen LogP contribution in [0, 0.1) is 11.3 Å². The average Bonchev–Trinajstić information content (AvgIpc) is 2.62. The molecule has 25 heavy (non-hydrogen) atoms. The minimum atomic E-state index is -0.462. The van der Waals surface area contributed by atoms with Crippen molar-refractivity contribution < 1.29 is 14.3 Å². The van der Waals surface area contributed by atoms with Crippen LogP contribution in [-0.4, -0.2) is 37.5 Å². The number of nitrogens with one attached hydrogen (secondary N) is 2. The molecule has 2 aromatic carbocycles. The molecule has 0 fully saturated rings. The first-order chi connectivity index (χ1) is 12.0. The standard InChI is InChI=1S/C18H18N4O3/c1-22(2)17(23)12-20-18(24)21-14-5-9-16(10-6-14)25-15-7-3-13(11-19)4-8-15/h3-10H,12H2,1-2H3,(H2,20,21,24). The molecule has 0 atom stereocenters. The number of nitrogens with zero attached hydrogens (tertiary/aromatic N) is 2. The van der Waals surface area contributed by atoms with Gasteiger partial charge in [0.15, 0.2) is 0 Å². The molecule has 0 radical (unpaired) electrons. The molecule has 0 spiro atoms. The Labute approximate surface area is 145 Å². The van der Waals surface area contributed by atoms with E-state index in [-0.39, 0.29) is 12.5 Å². The van der Waals surface area contributed by atoms with Crippen LogP contribution in [0.4, 0.5) is 10.5 Å². The van der Waals surface area contributed by atoms with E-state index in [1.165, 1.54) is 4.90 Å². The van der Waals surface area contributed by atoms with Crippen LogP contribution in [0.3, 0.4) is 0 Å². The van der Waals surface area contributed by atoms with Gasteiger partial charge in [0, 0.05) is 19.8 Å². The maximum atomic E-state index is 11.7. The van der Waals surface area contributed by atoms with Gasteiger partial charge in [-0.15, -0.1) is 0 Å². The van der Waals surface area contributed by atoms with Crippen LogP contribution in [-0.2, 0) is 4.79 Å². The van der Waals surface area contributed by atoms with Crippen molar-refractivity contribution in [3.05, 3.63) is 54.1 Å². The summed E-state index contributed by atoms with van der Waals surface area (Å²) in [7, 11) is 3.24. The maximum Gasteiger partial charge on any atom is 0.319 e. The van der Waals surface area contributed by atoms with E-state index >= 15 is 0 Å². The van der Waals surface area contributed by atoms with Crippen molar-refractivity contribution in [2.75, 3.05) is 26.0 Å². The normalized spacial score (nSPS) is 9.64. The molecule has 0 aliphatic rings.